The van der Waals surface area contributed by atoms with E-state index in [1.54, 1.807) is 25.7 Å². The van der Waals surface area contributed by atoms with E-state index in [0.717, 1.165) is 11.1 Å². The second-order valence-corrected chi connectivity index (χ2v) is 9.11. The van der Waals surface area contributed by atoms with E-state index >= 15 is 0 Å². The average Bonchev–Trinajstić information content (AvgIpc) is 2.83. The molecule has 1 unspecified atom stereocenters. The SMILES string of the molecule is CC(C)(C)OC(=O)NCc1ccc(CNC(=O)N2CCN(C(=O)CNC(=O)C(O)CO)CC2)cc1. The van der Waals surface area contributed by atoms with Gasteiger partial charge in [0.25, 0.3) is 5.91 Å². The normalized spacial score (nSPS) is 14.7. The molecule has 0 radical (unpaired) electrons. The van der Waals surface area contributed by atoms with Gasteiger partial charge in [-0.25, -0.2) is 9.59 Å². The van der Waals surface area contributed by atoms with Crippen LogP contribution in [0.4, 0.5) is 9.59 Å². The molecule has 194 valence electrons. The quantitative estimate of drug-likeness (QED) is 0.327. The van der Waals surface area contributed by atoms with E-state index in [-0.39, 0.29) is 18.5 Å². The van der Waals surface area contributed by atoms with E-state index in [9.17, 15) is 24.3 Å². The highest BCUT2D eigenvalue weighted by molar-refractivity contribution is 5.87. The molecule has 1 saturated heterocycles. The van der Waals surface area contributed by atoms with Crippen LogP contribution in [0, 0.1) is 0 Å². The number of ether oxygens (including phenoxy) is 1. The first-order valence-corrected chi connectivity index (χ1v) is 11.4. The van der Waals surface area contributed by atoms with Crippen molar-refractivity contribution in [2.24, 2.45) is 0 Å². The second kappa shape index (κ2) is 12.9. The molecule has 1 heterocycles. The van der Waals surface area contributed by atoms with Crippen LogP contribution in [0.25, 0.3) is 0 Å². The molecule has 1 aromatic carbocycles. The highest BCUT2D eigenvalue weighted by Gasteiger charge is 2.25. The van der Waals surface area contributed by atoms with Crippen molar-refractivity contribution in [3.05, 3.63) is 35.4 Å². The third-order valence-electron chi connectivity index (χ3n) is 5.11. The molecule has 12 heteroatoms. The van der Waals surface area contributed by atoms with Gasteiger partial charge in [0.15, 0.2) is 6.10 Å². The van der Waals surface area contributed by atoms with Crippen molar-refractivity contribution in [2.45, 2.75) is 45.6 Å². The van der Waals surface area contributed by atoms with Gasteiger partial charge in [-0.15, -0.1) is 0 Å². The minimum absolute atomic E-state index is 0.243. The van der Waals surface area contributed by atoms with Crippen LogP contribution in [0.3, 0.4) is 0 Å². The maximum absolute atomic E-state index is 12.5. The second-order valence-electron chi connectivity index (χ2n) is 9.11. The molecule has 0 saturated carbocycles. The van der Waals surface area contributed by atoms with Crippen molar-refractivity contribution in [1.82, 2.24) is 25.8 Å². The lowest BCUT2D eigenvalue weighted by molar-refractivity contribution is -0.137. The van der Waals surface area contributed by atoms with Crippen molar-refractivity contribution in [2.75, 3.05) is 39.3 Å². The number of aliphatic hydroxyl groups excluding tert-OH is 2. The van der Waals surface area contributed by atoms with Crippen LogP contribution in [-0.2, 0) is 27.4 Å². The van der Waals surface area contributed by atoms with E-state index in [1.165, 1.54) is 4.90 Å². The fourth-order valence-corrected chi connectivity index (χ4v) is 3.19. The van der Waals surface area contributed by atoms with Crippen molar-refractivity contribution in [1.29, 1.82) is 0 Å². The molecule has 1 aliphatic heterocycles. The Balaban J connectivity index is 1.69. The Morgan fingerprint density at radius 2 is 1.43 bits per heavy atom. The van der Waals surface area contributed by atoms with Gasteiger partial charge in [0.1, 0.15) is 5.60 Å². The lowest BCUT2D eigenvalue weighted by atomic mass is 10.1. The minimum Gasteiger partial charge on any atom is -0.444 e. The molecule has 12 nitrogen and oxygen atoms in total. The molecule has 1 fully saturated rings. The first-order chi connectivity index (χ1) is 16.5. The number of amides is 5. The van der Waals surface area contributed by atoms with Gasteiger partial charge in [0, 0.05) is 39.3 Å². The van der Waals surface area contributed by atoms with Gasteiger partial charge in [-0.2, -0.15) is 0 Å². The maximum atomic E-state index is 12.5. The Morgan fingerprint density at radius 1 is 0.914 bits per heavy atom. The molecule has 1 aromatic rings. The number of hydrogen-bond acceptors (Lipinski definition) is 7. The van der Waals surface area contributed by atoms with Crippen LogP contribution >= 0.6 is 0 Å². The zero-order valence-electron chi connectivity index (χ0n) is 20.4. The first-order valence-electron chi connectivity index (χ1n) is 11.4. The number of nitrogens with one attached hydrogen (secondary N) is 3. The lowest BCUT2D eigenvalue weighted by Crippen LogP contribution is -2.54. The lowest BCUT2D eigenvalue weighted by Gasteiger charge is -2.34. The van der Waals surface area contributed by atoms with Crippen molar-refractivity contribution in [3.8, 4) is 0 Å². The molecule has 5 N–H and O–H groups in total. The molecule has 0 spiro atoms. The predicted molar refractivity (Wildman–Crippen MR) is 126 cm³/mol. The molecule has 5 amide bonds. The third kappa shape index (κ3) is 9.79. The number of benzene rings is 1. The summed E-state index contributed by atoms with van der Waals surface area (Å²) in [5, 5.41) is 25.8. The highest BCUT2D eigenvalue weighted by atomic mass is 16.6. The maximum Gasteiger partial charge on any atom is 0.407 e. The summed E-state index contributed by atoms with van der Waals surface area (Å²) in [5.74, 6) is -1.14. The van der Waals surface area contributed by atoms with Crippen molar-refractivity contribution < 1.29 is 34.1 Å². The summed E-state index contributed by atoms with van der Waals surface area (Å²) in [4.78, 5) is 51.0. The van der Waals surface area contributed by atoms with Crippen molar-refractivity contribution in [3.63, 3.8) is 0 Å². The predicted octanol–water partition coefficient (Wildman–Crippen LogP) is -0.465. The molecule has 35 heavy (non-hydrogen) atoms. The number of carbonyl (C=O) groups is 4. The number of piperazine rings is 1. The monoisotopic (exact) mass is 493 g/mol. The zero-order chi connectivity index (χ0) is 26.0. The largest absolute Gasteiger partial charge is 0.444 e. The molecule has 1 aliphatic rings. The Labute approximate surface area is 204 Å². The number of aliphatic hydroxyl groups is 2. The van der Waals surface area contributed by atoms with Gasteiger partial charge in [-0.1, -0.05) is 24.3 Å². The fraction of sp³-hybridized carbons (Fsp3) is 0.565. The van der Waals surface area contributed by atoms with Crippen molar-refractivity contribution >= 4 is 23.9 Å². The number of nitrogens with zero attached hydrogens (tertiary/aromatic N) is 2. The number of alkyl carbamates (subject to hydrolysis) is 1. The van der Waals surface area contributed by atoms with E-state index < -0.39 is 30.3 Å². The van der Waals surface area contributed by atoms with Gasteiger partial charge >= 0.3 is 12.1 Å². The van der Waals surface area contributed by atoms with Gasteiger partial charge in [0.2, 0.25) is 5.91 Å². The van der Waals surface area contributed by atoms with E-state index in [2.05, 4.69) is 16.0 Å². The number of urea groups is 1. The summed E-state index contributed by atoms with van der Waals surface area (Å²) < 4.78 is 5.20. The Kier molecular flexibility index (Phi) is 10.3. The standard InChI is InChI=1S/C23H35N5O7/c1-23(2,3)35-22(34)26-13-17-6-4-16(5-7-17)12-25-21(33)28-10-8-27(9-11-28)19(31)14-24-20(32)18(30)15-29/h4-7,18,29-30H,8-15H2,1-3H3,(H,24,32)(H,25,33)(H,26,34). The van der Waals surface area contributed by atoms with Gasteiger partial charge in [-0.3, -0.25) is 9.59 Å². The van der Waals surface area contributed by atoms with Gasteiger partial charge in [-0.05, 0) is 31.9 Å². The smallest absolute Gasteiger partial charge is 0.407 e. The molecular weight excluding hydrogens is 458 g/mol. The Hall–Kier alpha value is -3.38. The van der Waals surface area contributed by atoms with Crippen LogP contribution in [0.15, 0.2) is 24.3 Å². The highest BCUT2D eigenvalue weighted by Crippen LogP contribution is 2.09. The molecule has 0 bridgehead atoms. The Morgan fingerprint density at radius 3 is 1.94 bits per heavy atom. The number of carbonyl (C=O) groups excluding carboxylic acids is 4. The number of rotatable bonds is 8. The van der Waals surface area contributed by atoms with Crippen LogP contribution in [0.1, 0.15) is 31.9 Å². The summed E-state index contributed by atoms with van der Waals surface area (Å²) in [6.07, 6.45) is -2.05. The van der Waals surface area contributed by atoms with E-state index in [1.807, 2.05) is 24.3 Å². The van der Waals surface area contributed by atoms with Crippen LogP contribution in [-0.4, -0.2) is 95.0 Å². The van der Waals surface area contributed by atoms with Crippen LogP contribution in [0.5, 0.6) is 0 Å². The van der Waals surface area contributed by atoms with E-state index in [4.69, 9.17) is 9.84 Å². The third-order valence-corrected chi connectivity index (χ3v) is 5.11. The zero-order valence-corrected chi connectivity index (χ0v) is 20.4. The molecule has 0 aromatic heterocycles. The average molecular weight is 494 g/mol. The number of hydrogen-bond donors (Lipinski definition) is 5. The summed E-state index contributed by atoms with van der Waals surface area (Å²) in [6.45, 7) is 6.39. The first kappa shape index (κ1) is 27.9. The molecule has 0 aliphatic carbocycles. The summed E-state index contributed by atoms with van der Waals surface area (Å²) in [6, 6.07) is 7.21. The topological polar surface area (TPSA) is 161 Å². The van der Waals surface area contributed by atoms with Crippen LogP contribution in [0.2, 0.25) is 0 Å². The summed E-state index contributed by atoms with van der Waals surface area (Å²) in [7, 11) is 0. The van der Waals surface area contributed by atoms with Gasteiger partial charge in [0.05, 0.1) is 13.2 Å². The van der Waals surface area contributed by atoms with Gasteiger partial charge < -0.3 is 40.7 Å². The summed E-state index contributed by atoms with van der Waals surface area (Å²) in [5.41, 5.74) is 1.24. The minimum atomic E-state index is -1.56. The van der Waals surface area contributed by atoms with E-state index in [0.29, 0.717) is 39.3 Å². The molecule has 2 rings (SSSR count). The molecular formula is C23H35N5O7. The molecule has 1 atom stereocenters. The van der Waals surface area contributed by atoms with Crippen LogP contribution < -0.4 is 16.0 Å². The summed E-state index contributed by atoms with van der Waals surface area (Å²) >= 11 is 0. The fourth-order valence-electron chi connectivity index (χ4n) is 3.19. The Bertz CT molecular complexity index is 877.